The number of amides is 1. The maximum Gasteiger partial charge on any atom is 0.253 e. The lowest BCUT2D eigenvalue weighted by molar-refractivity contribution is 0.0724. The van der Waals surface area contributed by atoms with E-state index in [4.69, 9.17) is 4.74 Å². The third-order valence-corrected chi connectivity index (χ3v) is 6.06. The normalized spacial score (nSPS) is 18.6. The lowest BCUT2D eigenvalue weighted by atomic mass is 10.1. The first-order chi connectivity index (χ1) is 14.8. The molecular weight excluding hydrogens is 372 g/mol. The van der Waals surface area contributed by atoms with Crippen molar-refractivity contribution < 1.29 is 9.53 Å². The number of benzene rings is 2. The molecule has 0 radical (unpaired) electrons. The lowest BCUT2D eigenvalue weighted by Gasteiger charge is -2.31. The molecule has 4 rings (SSSR count). The minimum absolute atomic E-state index is 0.151. The van der Waals surface area contributed by atoms with Gasteiger partial charge in [-0.2, -0.15) is 0 Å². The van der Waals surface area contributed by atoms with Gasteiger partial charge in [0.15, 0.2) is 0 Å². The predicted molar refractivity (Wildman–Crippen MR) is 122 cm³/mol. The average Bonchev–Trinajstić information content (AvgIpc) is 2.81. The molecule has 158 valence electrons. The van der Waals surface area contributed by atoms with Gasteiger partial charge in [0.2, 0.25) is 0 Å². The molecule has 0 atom stereocenters. The molecule has 0 N–H and O–H groups in total. The van der Waals surface area contributed by atoms with Gasteiger partial charge in [-0.3, -0.25) is 9.69 Å². The molecule has 0 spiro atoms. The Kier molecular flexibility index (Phi) is 7.20. The van der Waals surface area contributed by atoms with Crippen molar-refractivity contribution in [1.82, 2.24) is 9.80 Å². The van der Waals surface area contributed by atoms with E-state index in [1.165, 1.54) is 12.0 Å². The highest BCUT2D eigenvalue weighted by Gasteiger charge is 2.21. The van der Waals surface area contributed by atoms with Crippen molar-refractivity contribution in [3.63, 3.8) is 0 Å². The van der Waals surface area contributed by atoms with Gasteiger partial charge in [0, 0.05) is 38.3 Å². The van der Waals surface area contributed by atoms with Crippen LogP contribution in [0.1, 0.15) is 48.0 Å². The number of piperidine rings is 2. The van der Waals surface area contributed by atoms with Gasteiger partial charge in [-0.25, -0.2) is 0 Å². The quantitative estimate of drug-likeness (QED) is 0.689. The SMILES string of the molecule is O=C(c1ccc(OC2CCN(CC=Cc3ccccc3)CC2)cc1)N1CCCCC1. The molecule has 2 aliphatic rings. The third-order valence-electron chi connectivity index (χ3n) is 6.06. The van der Waals surface area contributed by atoms with E-state index in [9.17, 15) is 4.79 Å². The fourth-order valence-corrected chi connectivity index (χ4v) is 4.26. The fourth-order valence-electron chi connectivity index (χ4n) is 4.26. The number of carbonyl (C=O) groups excluding carboxylic acids is 1. The van der Waals surface area contributed by atoms with E-state index in [0.717, 1.165) is 69.7 Å². The number of nitrogens with zero attached hydrogens (tertiary/aromatic N) is 2. The van der Waals surface area contributed by atoms with Crippen LogP contribution in [0.25, 0.3) is 6.08 Å². The van der Waals surface area contributed by atoms with Crippen molar-refractivity contribution in [2.24, 2.45) is 0 Å². The summed E-state index contributed by atoms with van der Waals surface area (Å²) in [4.78, 5) is 17.0. The van der Waals surface area contributed by atoms with Crippen LogP contribution >= 0.6 is 0 Å². The van der Waals surface area contributed by atoms with Crippen molar-refractivity contribution >= 4 is 12.0 Å². The zero-order valence-corrected chi connectivity index (χ0v) is 17.7. The Bertz CT molecular complexity index is 818. The molecule has 0 aromatic heterocycles. The molecule has 30 heavy (non-hydrogen) atoms. The third kappa shape index (κ3) is 5.73. The molecule has 2 saturated heterocycles. The molecule has 2 aromatic rings. The van der Waals surface area contributed by atoms with Gasteiger partial charge >= 0.3 is 0 Å². The van der Waals surface area contributed by atoms with Crippen LogP contribution in [0.15, 0.2) is 60.7 Å². The summed E-state index contributed by atoms with van der Waals surface area (Å²) >= 11 is 0. The van der Waals surface area contributed by atoms with Crippen molar-refractivity contribution in [3.8, 4) is 5.75 Å². The van der Waals surface area contributed by atoms with Gasteiger partial charge in [-0.1, -0.05) is 42.5 Å². The zero-order chi connectivity index (χ0) is 20.6. The van der Waals surface area contributed by atoms with Crippen LogP contribution in [0.2, 0.25) is 0 Å². The van der Waals surface area contributed by atoms with Crippen LogP contribution < -0.4 is 4.74 Å². The maximum atomic E-state index is 12.6. The van der Waals surface area contributed by atoms with E-state index in [-0.39, 0.29) is 12.0 Å². The number of rotatable bonds is 6. The molecule has 0 aliphatic carbocycles. The molecule has 0 saturated carbocycles. The molecular formula is C26H32N2O2. The first kappa shape index (κ1) is 20.7. The molecule has 0 bridgehead atoms. The van der Waals surface area contributed by atoms with Gasteiger partial charge in [0.1, 0.15) is 11.9 Å². The molecule has 2 heterocycles. The van der Waals surface area contributed by atoms with Crippen LogP contribution in [-0.4, -0.2) is 54.5 Å². The first-order valence-electron chi connectivity index (χ1n) is 11.3. The lowest BCUT2D eigenvalue weighted by Crippen LogP contribution is -2.38. The standard InChI is InChI=1S/C26H32N2O2/c29-26(28-18-5-2-6-19-28)23-11-13-24(14-12-23)30-25-15-20-27(21-16-25)17-7-10-22-8-3-1-4-9-22/h1,3-4,7-14,25H,2,5-6,15-21H2. The van der Waals surface area contributed by atoms with E-state index in [1.807, 2.05) is 35.2 Å². The zero-order valence-electron chi connectivity index (χ0n) is 17.7. The highest BCUT2D eigenvalue weighted by atomic mass is 16.5. The Labute approximate surface area is 180 Å². The van der Waals surface area contributed by atoms with E-state index in [2.05, 4.69) is 41.3 Å². The molecule has 1 amide bonds. The minimum Gasteiger partial charge on any atom is -0.490 e. The Hall–Kier alpha value is -2.59. The van der Waals surface area contributed by atoms with Crippen molar-refractivity contribution in [2.75, 3.05) is 32.7 Å². The predicted octanol–water partition coefficient (Wildman–Crippen LogP) is 4.87. The van der Waals surface area contributed by atoms with Crippen LogP contribution in [0, 0.1) is 0 Å². The minimum atomic E-state index is 0.151. The molecule has 2 aromatic carbocycles. The second kappa shape index (κ2) is 10.4. The number of hydrogen-bond acceptors (Lipinski definition) is 3. The van der Waals surface area contributed by atoms with Gasteiger partial charge in [-0.05, 0) is 61.9 Å². The Balaban J connectivity index is 1.21. The smallest absolute Gasteiger partial charge is 0.253 e. The Morgan fingerprint density at radius 2 is 1.60 bits per heavy atom. The second-order valence-electron chi connectivity index (χ2n) is 8.31. The molecule has 2 fully saturated rings. The summed E-state index contributed by atoms with van der Waals surface area (Å²) < 4.78 is 6.19. The molecule has 4 heteroatoms. The summed E-state index contributed by atoms with van der Waals surface area (Å²) in [6.45, 7) is 4.85. The summed E-state index contributed by atoms with van der Waals surface area (Å²) in [5.41, 5.74) is 2.02. The monoisotopic (exact) mass is 404 g/mol. The summed E-state index contributed by atoms with van der Waals surface area (Å²) in [5, 5.41) is 0. The number of carbonyl (C=O) groups is 1. The summed E-state index contributed by atoms with van der Waals surface area (Å²) in [6, 6.07) is 18.2. The van der Waals surface area contributed by atoms with Crippen molar-refractivity contribution in [2.45, 2.75) is 38.2 Å². The fraction of sp³-hybridized carbons (Fsp3) is 0.423. The van der Waals surface area contributed by atoms with Gasteiger partial charge in [0.05, 0.1) is 0 Å². The number of likely N-dealkylation sites (tertiary alicyclic amines) is 2. The van der Waals surface area contributed by atoms with E-state index in [0.29, 0.717) is 0 Å². The van der Waals surface area contributed by atoms with E-state index in [1.54, 1.807) is 0 Å². The molecule has 4 nitrogen and oxygen atoms in total. The van der Waals surface area contributed by atoms with Gasteiger partial charge < -0.3 is 9.64 Å². The van der Waals surface area contributed by atoms with Crippen molar-refractivity contribution in [3.05, 3.63) is 71.8 Å². The Morgan fingerprint density at radius 3 is 2.30 bits per heavy atom. The van der Waals surface area contributed by atoms with Crippen LogP contribution in [0.4, 0.5) is 0 Å². The maximum absolute atomic E-state index is 12.6. The number of hydrogen-bond donors (Lipinski definition) is 0. The summed E-state index contributed by atoms with van der Waals surface area (Å²) in [7, 11) is 0. The Morgan fingerprint density at radius 1 is 0.900 bits per heavy atom. The largest absolute Gasteiger partial charge is 0.490 e. The van der Waals surface area contributed by atoms with Crippen LogP contribution in [0.3, 0.4) is 0 Å². The summed E-state index contributed by atoms with van der Waals surface area (Å²) in [5.74, 6) is 1.02. The topological polar surface area (TPSA) is 32.8 Å². The van der Waals surface area contributed by atoms with E-state index >= 15 is 0 Å². The first-order valence-corrected chi connectivity index (χ1v) is 11.3. The highest BCUT2D eigenvalue weighted by molar-refractivity contribution is 5.94. The second-order valence-corrected chi connectivity index (χ2v) is 8.31. The average molecular weight is 405 g/mol. The van der Waals surface area contributed by atoms with Crippen molar-refractivity contribution in [1.29, 1.82) is 0 Å². The van der Waals surface area contributed by atoms with Gasteiger partial charge in [0.25, 0.3) is 5.91 Å². The van der Waals surface area contributed by atoms with Crippen LogP contribution in [0.5, 0.6) is 5.75 Å². The molecule has 2 aliphatic heterocycles. The summed E-state index contributed by atoms with van der Waals surface area (Å²) in [6.07, 6.45) is 10.2. The van der Waals surface area contributed by atoms with Crippen LogP contribution in [-0.2, 0) is 0 Å². The molecule has 0 unspecified atom stereocenters. The number of ether oxygens (including phenoxy) is 1. The highest BCUT2D eigenvalue weighted by Crippen LogP contribution is 2.21. The van der Waals surface area contributed by atoms with E-state index < -0.39 is 0 Å². The van der Waals surface area contributed by atoms with Gasteiger partial charge in [-0.15, -0.1) is 0 Å².